The van der Waals surface area contributed by atoms with E-state index >= 15 is 0 Å². The maximum Gasteiger partial charge on any atom is 0.0623 e. The fraction of sp³-hybridized carbons (Fsp3) is 0.0256. The molecular formula is C78H52N2. The molecule has 2 aliphatic rings. The molecule has 1 aromatic heterocycles. The van der Waals surface area contributed by atoms with Crippen LogP contribution >= 0.6 is 0 Å². The van der Waals surface area contributed by atoms with Crippen molar-refractivity contribution in [1.82, 2.24) is 4.57 Å². The van der Waals surface area contributed by atoms with Crippen LogP contribution in [-0.2, 0) is 5.41 Å². The van der Waals surface area contributed by atoms with E-state index in [1.54, 1.807) is 0 Å². The first-order valence-corrected chi connectivity index (χ1v) is 27.8. The summed E-state index contributed by atoms with van der Waals surface area (Å²) in [7, 11) is 0. The second-order valence-corrected chi connectivity index (χ2v) is 21.7. The molecule has 16 rings (SSSR count). The van der Waals surface area contributed by atoms with Gasteiger partial charge in [0.1, 0.15) is 0 Å². The normalized spacial score (nSPS) is 13.9. The summed E-state index contributed by atoms with van der Waals surface area (Å²) in [5.74, 6) is 0. The van der Waals surface area contributed by atoms with Crippen LogP contribution in [0.4, 0.5) is 17.1 Å². The molecule has 0 saturated heterocycles. The van der Waals surface area contributed by atoms with Crippen LogP contribution < -0.4 is 4.90 Å². The summed E-state index contributed by atoms with van der Waals surface area (Å²) in [6.45, 7) is 2.47. The number of fused-ring (bicyclic) bond motifs is 7. The highest BCUT2D eigenvalue weighted by molar-refractivity contribution is 6.19. The minimum atomic E-state index is -0.475. The molecule has 374 valence electrons. The van der Waals surface area contributed by atoms with E-state index in [0.29, 0.717) is 0 Å². The van der Waals surface area contributed by atoms with E-state index in [1.807, 2.05) is 0 Å². The Labute approximate surface area is 466 Å². The van der Waals surface area contributed by atoms with Crippen molar-refractivity contribution in [2.24, 2.45) is 0 Å². The quantitative estimate of drug-likeness (QED) is 0.140. The minimum absolute atomic E-state index is 0.475. The average Bonchev–Trinajstić information content (AvgIpc) is 3.72. The van der Waals surface area contributed by atoms with E-state index < -0.39 is 5.41 Å². The van der Waals surface area contributed by atoms with E-state index in [4.69, 9.17) is 0 Å². The largest absolute Gasteiger partial charge is 0.310 e. The van der Waals surface area contributed by atoms with Crippen molar-refractivity contribution in [3.05, 3.63) is 314 Å². The summed E-state index contributed by atoms with van der Waals surface area (Å²) in [6, 6.07) is 110. The molecule has 2 nitrogen and oxygen atoms in total. The smallest absolute Gasteiger partial charge is 0.0623 e. The summed E-state index contributed by atoms with van der Waals surface area (Å²) in [5, 5.41) is 5.05. The molecule has 1 aliphatic heterocycles. The second kappa shape index (κ2) is 18.2. The molecule has 1 atom stereocenters. The van der Waals surface area contributed by atoms with Crippen molar-refractivity contribution >= 4 is 49.6 Å². The van der Waals surface area contributed by atoms with Gasteiger partial charge in [-0.05, 0) is 174 Å². The summed E-state index contributed by atoms with van der Waals surface area (Å²) >= 11 is 0. The average molecular weight is 1020 g/mol. The zero-order chi connectivity index (χ0) is 52.9. The molecule has 0 radical (unpaired) electrons. The molecule has 0 amide bonds. The molecular weight excluding hydrogens is 965 g/mol. The van der Waals surface area contributed by atoms with E-state index in [1.165, 1.54) is 116 Å². The number of para-hydroxylation sites is 2. The van der Waals surface area contributed by atoms with Crippen LogP contribution in [0.25, 0.3) is 116 Å². The molecule has 0 bridgehead atoms. The van der Waals surface area contributed by atoms with Gasteiger partial charge in [0.2, 0.25) is 0 Å². The maximum absolute atomic E-state index is 2.56. The molecule has 0 fully saturated rings. The Morgan fingerprint density at radius 2 is 0.838 bits per heavy atom. The summed E-state index contributed by atoms with van der Waals surface area (Å²) in [6.07, 6.45) is 0. The fourth-order valence-corrected chi connectivity index (χ4v) is 13.5. The van der Waals surface area contributed by atoms with Crippen molar-refractivity contribution < 1.29 is 0 Å². The van der Waals surface area contributed by atoms with Crippen molar-refractivity contribution in [3.8, 4) is 83.6 Å². The van der Waals surface area contributed by atoms with Crippen LogP contribution in [0.15, 0.2) is 297 Å². The monoisotopic (exact) mass is 1020 g/mol. The van der Waals surface area contributed by atoms with Crippen molar-refractivity contribution in [3.63, 3.8) is 0 Å². The first kappa shape index (κ1) is 45.9. The molecule has 0 spiro atoms. The predicted octanol–water partition coefficient (Wildman–Crippen LogP) is 21.1. The summed E-state index contributed by atoms with van der Waals surface area (Å²) < 4.78 is 2.56. The highest BCUT2D eigenvalue weighted by Gasteiger charge is 2.45. The van der Waals surface area contributed by atoms with E-state index in [9.17, 15) is 0 Å². The Morgan fingerprint density at radius 3 is 1.55 bits per heavy atom. The van der Waals surface area contributed by atoms with Gasteiger partial charge in [-0.3, -0.25) is 0 Å². The van der Waals surface area contributed by atoms with E-state index in [-0.39, 0.29) is 0 Å². The predicted molar refractivity (Wildman–Crippen MR) is 337 cm³/mol. The van der Waals surface area contributed by atoms with Gasteiger partial charge in [0.15, 0.2) is 0 Å². The van der Waals surface area contributed by atoms with Gasteiger partial charge in [-0.1, -0.05) is 224 Å². The number of rotatable bonds is 9. The lowest BCUT2D eigenvalue weighted by atomic mass is 9.72. The lowest BCUT2D eigenvalue weighted by molar-refractivity contribution is 0.715. The zero-order valence-corrected chi connectivity index (χ0v) is 44.2. The van der Waals surface area contributed by atoms with E-state index in [2.05, 4.69) is 314 Å². The topological polar surface area (TPSA) is 8.17 Å². The molecule has 2 heteroatoms. The van der Waals surface area contributed by atoms with Crippen molar-refractivity contribution in [2.45, 2.75) is 12.3 Å². The number of nitrogens with zero attached hydrogens (tertiary/aromatic N) is 2. The molecule has 2 heterocycles. The number of hydrogen-bond donors (Lipinski definition) is 0. The lowest BCUT2D eigenvalue weighted by Crippen LogP contribution is -2.22. The number of hydrogen-bond acceptors (Lipinski definition) is 1. The van der Waals surface area contributed by atoms with Gasteiger partial charge >= 0.3 is 0 Å². The molecule has 1 unspecified atom stereocenters. The minimum Gasteiger partial charge on any atom is -0.310 e. The summed E-state index contributed by atoms with van der Waals surface area (Å²) in [4.78, 5) is 2.43. The Hall–Kier alpha value is -10.3. The molecule has 80 heavy (non-hydrogen) atoms. The van der Waals surface area contributed by atoms with Crippen LogP contribution in [0.3, 0.4) is 0 Å². The number of anilines is 3. The Morgan fingerprint density at radius 1 is 0.300 bits per heavy atom. The van der Waals surface area contributed by atoms with Gasteiger partial charge in [0.25, 0.3) is 0 Å². The Balaban J connectivity index is 0.896. The highest BCUT2D eigenvalue weighted by Crippen LogP contribution is 2.61. The highest BCUT2D eigenvalue weighted by atomic mass is 15.1. The van der Waals surface area contributed by atoms with Gasteiger partial charge in [-0.2, -0.15) is 0 Å². The molecule has 0 N–H and O–H groups in total. The van der Waals surface area contributed by atoms with Gasteiger partial charge < -0.3 is 9.47 Å². The van der Waals surface area contributed by atoms with Gasteiger partial charge in [-0.25, -0.2) is 0 Å². The maximum atomic E-state index is 2.56. The van der Waals surface area contributed by atoms with E-state index in [0.717, 1.165) is 33.8 Å². The fourth-order valence-electron chi connectivity index (χ4n) is 13.5. The molecule has 1 aliphatic carbocycles. The van der Waals surface area contributed by atoms with Crippen LogP contribution in [0.2, 0.25) is 0 Å². The Bertz CT molecular complexity index is 4680. The van der Waals surface area contributed by atoms with Gasteiger partial charge in [0, 0.05) is 44.4 Å². The van der Waals surface area contributed by atoms with Crippen molar-refractivity contribution in [1.29, 1.82) is 0 Å². The van der Waals surface area contributed by atoms with Crippen molar-refractivity contribution in [2.75, 3.05) is 4.90 Å². The number of aromatic nitrogens is 1. The van der Waals surface area contributed by atoms with Crippen LogP contribution in [0.5, 0.6) is 0 Å². The standard InChI is InChI=1S/C78H52N2/c1-78(61-28-17-27-57(46-61)51-19-5-2-6-20-51)71-44-43-69-67-30-13-15-33-73(67)80-74-34-16-14-31-68(74)70-49-60(50-72(78)75(70)76(71)77(69)80)54-35-39-62(40-36-54)79(63-41-37-56(38-42-63)66-32-18-26-55-25-11-12-29-65(55)66)64-47-58(52-21-7-3-8-22-52)45-59(48-64)53-23-9-4-10-24-53/h2-50H,1H3. The van der Waals surface area contributed by atoms with Gasteiger partial charge in [0.05, 0.1) is 16.7 Å². The Kier molecular flexibility index (Phi) is 10.4. The lowest BCUT2D eigenvalue weighted by Gasteiger charge is -2.30. The SMILES string of the molecule is CC1(c2cccc(-c3ccccc3)c2)c2cc(-c3ccc(N(c4ccc(-c5cccc6ccccc56)cc4)c4cc(-c5ccccc5)cc(-c5ccccc5)c4)cc3)cc3c2-c2c1ccc1c4ccccc4n(c21)-c1ccccc1-3. The third kappa shape index (κ3) is 7.12. The van der Waals surface area contributed by atoms with Crippen LogP contribution in [0, 0.1) is 0 Å². The molecule has 13 aromatic carbocycles. The second-order valence-electron chi connectivity index (χ2n) is 21.7. The third-order valence-corrected chi connectivity index (χ3v) is 17.4. The van der Waals surface area contributed by atoms with Gasteiger partial charge in [-0.15, -0.1) is 0 Å². The number of benzene rings is 13. The van der Waals surface area contributed by atoms with Crippen LogP contribution in [-0.4, -0.2) is 4.57 Å². The third-order valence-electron chi connectivity index (χ3n) is 17.4. The van der Waals surface area contributed by atoms with Crippen LogP contribution in [0.1, 0.15) is 23.6 Å². The zero-order valence-electron chi connectivity index (χ0n) is 44.2. The molecule has 14 aromatic rings. The first-order chi connectivity index (χ1) is 39.5. The summed E-state index contributed by atoms with van der Waals surface area (Å²) in [5.41, 5.74) is 27.5. The first-order valence-electron chi connectivity index (χ1n) is 27.8. The molecule has 0 saturated carbocycles.